The summed E-state index contributed by atoms with van der Waals surface area (Å²) in [7, 11) is 0. The second-order valence-electron chi connectivity index (χ2n) is 4.54. The molecule has 0 amide bonds. The van der Waals surface area contributed by atoms with Gasteiger partial charge in [0.1, 0.15) is 11.6 Å². The van der Waals surface area contributed by atoms with Gasteiger partial charge < -0.3 is 10.3 Å². The lowest BCUT2D eigenvalue weighted by Crippen LogP contribution is -2.36. The molecule has 5 nitrogen and oxygen atoms in total. The van der Waals surface area contributed by atoms with Crippen LogP contribution in [0, 0.1) is 11.3 Å². The summed E-state index contributed by atoms with van der Waals surface area (Å²) in [6, 6.07) is 1.54. The molecule has 2 N–H and O–H groups in total. The molecule has 1 saturated carbocycles. The lowest BCUT2D eigenvalue weighted by molar-refractivity contribution is -0.103. The van der Waals surface area contributed by atoms with Crippen LogP contribution in [0.2, 0.25) is 0 Å². The third kappa shape index (κ3) is 1.76. The SMILES string of the molecule is N#Cc1nc2c(ncn2C2CC(F)(F)C2)c(Br)c1N. The van der Waals surface area contributed by atoms with Crippen LogP contribution >= 0.6 is 15.9 Å². The van der Waals surface area contributed by atoms with Crippen LogP contribution in [-0.4, -0.2) is 20.5 Å². The van der Waals surface area contributed by atoms with Crippen LogP contribution < -0.4 is 5.73 Å². The summed E-state index contributed by atoms with van der Waals surface area (Å²) in [5.41, 5.74) is 6.88. The maximum absolute atomic E-state index is 12.9. The summed E-state index contributed by atoms with van der Waals surface area (Å²) in [5.74, 6) is -2.62. The van der Waals surface area contributed by atoms with Gasteiger partial charge in [0.2, 0.25) is 0 Å². The van der Waals surface area contributed by atoms with E-state index in [0.717, 1.165) is 0 Å². The van der Waals surface area contributed by atoms with E-state index in [2.05, 4.69) is 25.9 Å². The predicted octanol–water partition coefficient (Wildman–Crippen LogP) is 2.62. The highest BCUT2D eigenvalue weighted by atomic mass is 79.9. The fraction of sp³-hybridized carbons (Fsp3) is 0.364. The highest BCUT2D eigenvalue weighted by molar-refractivity contribution is 9.10. The molecule has 0 aromatic carbocycles. The number of fused-ring (bicyclic) bond motifs is 1. The Morgan fingerprint density at radius 1 is 1.53 bits per heavy atom. The first-order valence-electron chi connectivity index (χ1n) is 5.52. The number of alkyl halides is 2. The number of nitrogen functional groups attached to an aromatic ring is 1. The van der Waals surface area contributed by atoms with Gasteiger partial charge in [-0.1, -0.05) is 0 Å². The molecule has 2 aromatic rings. The van der Waals surface area contributed by atoms with E-state index in [4.69, 9.17) is 11.0 Å². The smallest absolute Gasteiger partial charge is 0.252 e. The van der Waals surface area contributed by atoms with Crippen molar-refractivity contribution in [2.75, 3.05) is 5.73 Å². The minimum Gasteiger partial charge on any atom is -0.395 e. The molecular formula is C11H8BrF2N5. The van der Waals surface area contributed by atoms with E-state index < -0.39 is 5.92 Å². The van der Waals surface area contributed by atoms with Gasteiger partial charge in [0.05, 0.1) is 16.5 Å². The highest BCUT2D eigenvalue weighted by Gasteiger charge is 2.46. The fourth-order valence-corrected chi connectivity index (χ4v) is 2.66. The van der Waals surface area contributed by atoms with E-state index in [0.29, 0.717) is 15.6 Å². The number of hydrogen-bond acceptors (Lipinski definition) is 4. The lowest BCUT2D eigenvalue weighted by atomic mass is 9.88. The number of halogens is 3. The summed E-state index contributed by atoms with van der Waals surface area (Å²) in [5, 5.41) is 8.96. The van der Waals surface area contributed by atoms with Gasteiger partial charge in [-0.15, -0.1) is 0 Å². The summed E-state index contributed by atoms with van der Waals surface area (Å²) in [6.45, 7) is 0. The second kappa shape index (κ2) is 3.87. The number of pyridine rings is 1. The molecule has 0 bridgehead atoms. The summed E-state index contributed by atoms with van der Waals surface area (Å²) in [4.78, 5) is 8.23. The normalized spacial score (nSPS) is 18.2. The summed E-state index contributed by atoms with van der Waals surface area (Å²) in [6.07, 6.45) is 0.997. The quantitative estimate of drug-likeness (QED) is 0.872. The van der Waals surface area contributed by atoms with Gasteiger partial charge in [-0.25, -0.2) is 18.7 Å². The van der Waals surface area contributed by atoms with E-state index >= 15 is 0 Å². The number of rotatable bonds is 1. The van der Waals surface area contributed by atoms with Crippen molar-refractivity contribution in [3.63, 3.8) is 0 Å². The maximum atomic E-state index is 12.9. The van der Waals surface area contributed by atoms with Crippen LogP contribution in [0.3, 0.4) is 0 Å². The predicted molar refractivity (Wildman–Crippen MR) is 67.6 cm³/mol. The zero-order valence-electron chi connectivity index (χ0n) is 9.57. The van der Waals surface area contributed by atoms with E-state index in [1.807, 2.05) is 6.07 Å². The Kier molecular flexibility index (Phi) is 2.50. The molecule has 0 radical (unpaired) electrons. The van der Waals surface area contributed by atoms with Gasteiger partial charge in [-0.2, -0.15) is 5.26 Å². The monoisotopic (exact) mass is 327 g/mol. The van der Waals surface area contributed by atoms with E-state index in [1.54, 1.807) is 4.57 Å². The molecule has 0 aliphatic heterocycles. The zero-order valence-corrected chi connectivity index (χ0v) is 11.2. The molecule has 1 aliphatic carbocycles. The van der Waals surface area contributed by atoms with Crippen LogP contribution in [0.1, 0.15) is 24.6 Å². The molecule has 2 heterocycles. The largest absolute Gasteiger partial charge is 0.395 e. The maximum Gasteiger partial charge on any atom is 0.252 e. The molecule has 1 fully saturated rings. The second-order valence-corrected chi connectivity index (χ2v) is 5.33. The molecule has 0 spiro atoms. The average Bonchev–Trinajstić information content (AvgIpc) is 2.74. The molecule has 2 aromatic heterocycles. The number of nitrogens with two attached hydrogens (primary N) is 1. The van der Waals surface area contributed by atoms with Gasteiger partial charge >= 0.3 is 0 Å². The number of nitrogens with zero attached hydrogens (tertiary/aromatic N) is 4. The Morgan fingerprint density at radius 2 is 2.21 bits per heavy atom. The van der Waals surface area contributed by atoms with Gasteiger partial charge in [0.15, 0.2) is 11.3 Å². The average molecular weight is 328 g/mol. The molecule has 8 heteroatoms. The van der Waals surface area contributed by atoms with Crippen molar-refractivity contribution in [2.45, 2.75) is 24.8 Å². The van der Waals surface area contributed by atoms with Crippen molar-refractivity contribution in [1.29, 1.82) is 5.26 Å². The Balaban J connectivity index is 2.14. The van der Waals surface area contributed by atoms with Crippen molar-refractivity contribution in [3.8, 4) is 6.07 Å². The Hall–Kier alpha value is -1.75. The van der Waals surface area contributed by atoms with Crippen molar-refractivity contribution in [3.05, 3.63) is 16.5 Å². The van der Waals surface area contributed by atoms with Crippen molar-refractivity contribution < 1.29 is 8.78 Å². The molecule has 1 aliphatic rings. The van der Waals surface area contributed by atoms with Crippen LogP contribution in [-0.2, 0) is 0 Å². The lowest BCUT2D eigenvalue weighted by Gasteiger charge is -2.35. The fourth-order valence-electron chi connectivity index (χ4n) is 2.20. The minimum atomic E-state index is -2.62. The van der Waals surface area contributed by atoms with Gasteiger partial charge in [-0.3, -0.25) is 0 Å². The van der Waals surface area contributed by atoms with Crippen molar-refractivity contribution >= 4 is 32.8 Å². The molecule has 98 valence electrons. The first-order valence-corrected chi connectivity index (χ1v) is 6.31. The summed E-state index contributed by atoms with van der Waals surface area (Å²) < 4.78 is 27.9. The molecule has 0 atom stereocenters. The zero-order chi connectivity index (χ0) is 13.8. The number of aromatic nitrogens is 3. The number of hydrogen-bond donors (Lipinski definition) is 1. The van der Waals surface area contributed by atoms with Gasteiger partial charge in [0, 0.05) is 18.9 Å². The Morgan fingerprint density at radius 3 is 2.79 bits per heavy atom. The number of anilines is 1. The molecule has 0 saturated heterocycles. The van der Waals surface area contributed by atoms with Crippen LogP contribution in [0.4, 0.5) is 14.5 Å². The van der Waals surface area contributed by atoms with E-state index in [-0.39, 0.29) is 30.3 Å². The molecule has 19 heavy (non-hydrogen) atoms. The van der Waals surface area contributed by atoms with Crippen molar-refractivity contribution in [2.24, 2.45) is 0 Å². The van der Waals surface area contributed by atoms with Crippen molar-refractivity contribution in [1.82, 2.24) is 14.5 Å². The van der Waals surface area contributed by atoms with E-state index in [1.165, 1.54) is 6.33 Å². The Labute approximate surface area is 115 Å². The third-order valence-electron chi connectivity index (χ3n) is 3.25. The topological polar surface area (TPSA) is 80.5 Å². The first-order chi connectivity index (χ1) is 8.93. The van der Waals surface area contributed by atoms with Crippen LogP contribution in [0.25, 0.3) is 11.2 Å². The van der Waals surface area contributed by atoms with Gasteiger partial charge in [0.25, 0.3) is 5.92 Å². The molecule has 3 rings (SSSR count). The molecule has 0 unspecified atom stereocenters. The Bertz CT molecular complexity index is 710. The van der Waals surface area contributed by atoms with Crippen LogP contribution in [0.5, 0.6) is 0 Å². The highest BCUT2D eigenvalue weighted by Crippen LogP contribution is 2.46. The summed E-state index contributed by atoms with van der Waals surface area (Å²) >= 11 is 3.26. The standard InChI is InChI=1S/C11H8BrF2N5/c12-7-8(16)6(3-15)18-10-9(7)17-4-19(10)5-1-11(13,14)2-5/h4-5H,1-2,16H2. The number of imidazole rings is 1. The first kappa shape index (κ1) is 12.3. The van der Waals surface area contributed by atoms with Crippen LogP contribution in [0.15, 0.2) is 10.8 Å². The number of nitriles is 1. The van der Waals surface area contributed by atoms with E-state index in [9.17, 15) is 8.78 Å². The third-order valence-corrected chi connectivity index (χ3v) is 4.06. The molecular weight excluding hydrogens is 320 g/mol. The minimum absolute atomic E-state index is 0.0622. The van der Waals surface area contributed by atoms with Gasteiger partial charge in [-0.05, 0) is 15.9 Å².